The van der Waals surface area contributed by atoms with E-state index in [2.05, 4.69) is 33.4 Å². The number of benzene rings is 1. The van der Waals surface area contributed by atoms with Gasteiger partial charge in [0.1, 0.15) is 5.82 Å². The highest BCUT2D eigenvalue weighted by Crippen LogP contribution is 2.30. The molecule has 2 aromatic rings. The molecule has 20 heavy (non-hydrogen) atoms. The first kappa shape index (κ1) is 15.2. The molecular formula is C14H18BrFN4. The van der Waals surface area contributed by atoms with Gasteiger partial charge in [-0.1, -0.05) is 25.1 Å². The Morgan fingerprint density at radius 2 is 2.25 bits per heavy atom. The Hall–Kier alpha value is -1.24. The van der Waals surface area contributed by atoms with Gasteiger partial charge in [0.05, 0.1) is 22.4 Å². The molecule has 1 aromatic heterocycles. The number of aryl methyl sites for hydroxylation is 2. The largest absolute Gasteiger partial charge is 0.271 e. The van der Waals surface area contributed by atoms with Crippen LogP contribution in [-0.2, 0) is 6.54 Å². The topological polar surface area (TPSA) is 55.9 Å². The van der Waals surface area contributed by atoms with Crippen molar-refractivity contribution in [2.45, 2.75) is 32.9 Å². The fraction of sp³-hybridized carbons (Fsp3) is 0.357. The average Bonchev–Trinajstić information content (AvgIpc) is 2.78. The fourth-order valence-electron chi connectivity index (χ4n) is 2.26. The molecule has 108 valence electrons. The Balaban J connectivity index is 2.52. The second-order valence-electron chi connectivity index (χ2n) is 4.68. The monoisotopic (exact) mass is 340 g/mol. The number of aromatic nitrogens is 2. The van der Waals surface area contributed by atoms with Gasteiger partial charge in [0.25, 0.3) is 0 Å². The highest BCUT2D eigenvalue weighted by molar-refractivity contribution is 9.10. The van der Waals surface area contributed by atoms with Gasteiger partial charge in [0, 0.05) is 12.1 Å². The first-order chi connectivity index (χ1) is 9.60. The highest BCUT2D eigenvalue weighted by atomic mass is 79.9. The van der Waals surface area contributed by atoms with Gasteiger partial charge >= 0.3 is 0 Å². The summed E-state index contributed by atoms with van der Waals surface area (Å²) in [6.07, 6.45) is 2.65. The first-order valence-electron chi connectivity index (χ1n) is 6.52. The van der Waals surface area contributed by atoms with Crippen LogP contribution in [0, 0.1) is 12.7 Å². The van der Waals surface area contributed by atoms with Crippen molar-refractivity contribution in [1.29, 1.82) is 0 Å². The molecule has 0 aliphatic rings. The van der Waals surface area contributed by atoms with Crippen LogP contribution in [0.25, 0.3) is 0 Å². The molecule has 0 bridgehead atoms. The summed E-state index contributed by atoms with van der Waals surface area (Å²) in [5, 5.41) is 4.30. The lowest BCUT2D eigenvalue weighted by Gasteiger charge is -2.20. The molecule has 1 atom stereocenters. The normalized spacial score (nSPS) is 12.7. The summed E-state index contributed by atoms with van der Waals surface area (Å²) in [6.45, 7) is 4.56. The molecule has 2 rings (SSSR count). The minimum absolute atomic E-state index is 0.244. The van der Waals surface area contributed by atoms with E-state index in [0.29, 0.717) is 11.1 Å². The van der Waals surface area contributed by atoms with Crippen molar-refractivity contribution in [3.8, 4) is 0 Å². The number of nitrogens with two attached hydrogens (primary N) is 1. The van der Waals surface area contributed by atoms with E-state index in [0.717, 1.165) is 23.1 Å². The highest BCUT2D eigenvalue weighted by Gasteiger charge is 2.23. The molecular weight excluding hydrogens is 323 g/mol. The molecule has 1 unspecified atom stereocenters. The van der Waals surface area contributed by atoms with Crippen molar-refractivity contribution < 1.29 is 4.39 Å². The summed E-state index contributed by atoms with van der Waals surface area (Å²) in [5.74, 6) is 5.43. The maximum atomic E-state index is 14.3. The van der Waals surface area contributed by atoms with Gasteiger partial charge in [0.15, 0.2) is 0 Å². The summed E-state index contributed by atoms with van der Waals surface area (Å²) in [7, 11) is 0. The molecule has 1 heterocycles. The van der Waals surface area contributed by atoms with Crippen molar-refractivity contribution >= 4 is 15.9 Å². The van der Waals surface area contributed by atoms with Gasteiger partial charge in [-0.25, -0.2) is 9.82 Å². The van der Waals surface area contributed by atoms with Gasteiger partial charge < -0.3 is 0 Å². The number of hydrogen-bond donors (Lipinski definition) is 2. The number of nitrogens with zero attached hydrogens (tertiary/aromatic N) is 2. The van der Waals surface area contributed by atoms with Crippen LogP contribution in [0.4, 0.5) is 4.39 Å². The number of hydrogen-bond acceptors (Lipinski definition) is 3. The van der Waals surface area contributed by atoms with Crippen molar-refractivity contribution in [3.63, 3.8) is 0 Å². The van der Waals surface area contributed by atoms with Crippen LogP contribution in [0.3, 0.4) is 0 Å². The Kier molecular flexibility index (Phi) is 4.91. The van der Waals surface area contributed by atoms with Crippen LogP contribution in [0.5, 0.6) is 0 Å². The lowest BCUT2D eigenvalue weighted by Crippen LogP contribution is -2.32. The van der Waals surface area contributed by atoms with E-state index >= 15 is 0 Å². The van der Waals surface area contributed by atoms with Crippen LogP contribution in [-0.4, -0.2) is 9.78 Å². The van der Waals surface area contributed by atoms with Crippen LogP contribution in [0.15, 0.2) is 28.9 Å². The van der Waals surface area contributed by atoms with E-state index in [1.165, 1.54) is 0 Å². The standard InChI is InChI=1S/C14H18BrFN4/c1-3-7-20-14(11(15)8-18-20)13(19-17)10-6-4-5-9(2)12(10)16/h4-6,8,13,19H,3,7,17H2,1-2H3. The predicted molar refractivity (Wildman–Crippen MR) is 80.5 cm³/mol. The minimum Gasteiger partial charge on any atom is -0.271 e. The Morgan fingerprint density at radius 3 is 2.90 bits per heavy atom. The summed E-state index contributed by atoms with van der Waals surface area (Å²) in [4.78, 5) is 0. The molecule has 0 saturated heterocycles. The smallest absolute Gasteiger partial charge is 0.131 e. The number of nitrogens with one attached hydrogen (secondary N) is 1. The third kappa shape index (κ3) is 2.77. The number of halogens is 2. The zero-order valence-electron chi connectivity index (χ0n) is 11.5. The predicted octanol–water partition coefficient (Wildman–Crippen LogP) is 3.06. The Bertz CT molecular complexity index is 597. The van der Waals surface area contributed by atoms with Gasteiger partial charge in [-0.3, -0.25) is 10.5 Å². The second kappa shape index (κ2) is 6.47. The van der Waals surface area contributed by atoms with E-state index in [1.54, 1.807) is 25.3 Å². The lowest BCUT2D eigenvalue weighted by molar-refractivity contribution is 0.499. The molecule has 4 nitrogen and oxygen atoms in total. The van der Waals surface area contributed by atoms with Crippen molar-refractivity contribution in [3.05, 3.63) is 51.5 Å². The van der Waals surface area contributed by atoms with Crippen LogP contribution in [0.2, 0.25) is 0 Å². The zero-order chi connectivity index (χ0) is 14.7. The summed E-state index contributed by atoms with van der Waals surface area (Å²) in [5.41, 5.74) is 4.65. The van der Waals surface area contributed by atoms with Crippen molar-refractivity contribution in [2.24, 2.45) is 5.84 Å². The maximum absolute atomic E-state index is 14.3. The maximum Gasteiger partial charge on any atom is 0.131 e. The molecule has 0 spiro atoms. The van der Waals surface area contributed by atoms with Crippen LogP contribution >= 0.6 is 15.9 Å². The molecule has 6 heteroatoms. The van der Waals surface area contributed by atoms with Crippen molar-refractivity contribution in [1.82, 2.24) is 15.2 Å². The summed E-state index contributed by atoms with van der Waals surface area (Å²) in [6, 6.07) is 4.86. The summed E-state index contributed by atoms with van der Waals surface area (Å²) < 4.78 is 17.0. The Morgan fingerprint density at radius 1 is 1.50 bits per heavy atom. The molecule has 0 aliphatic carbocycles. The summed E-state index contributed by atoms with van der Waals surface area (Å²) >= 11 is 3.47. The molecule has 0 radical (unpaired) electrons. The van der Waals surface area contributed by atoms with E-state index in [4.69, 9.17) is 5.84 Å². The molecule has 0 saturated carbocycles. The van der Waals surface area contributed by atoms with E-state index in [-0.39, 0.29) is 5.82 Å². The average molecular weight is 341 g/mol. The van der Waals surface area contributed by atoms with Crippen LogP contribution in [0.1, 0.15) is 36.2 Å². The van der Waals surface area contributed by atoms with Crippen molar-refractivity contribution in [2.75, 3.05) is 0 Å². The first-order valence-corrected chi connectivity index (χ1v) is 7.31. The molecule has 3 N–H and O–H groups in total. The quantitative estimate of drug-likeness (QED) is 0.649. The fourth-order valence-corrected chi connectivity index (χ4v) is 2.78. The zero-order valence-corrected chi connectivity index (χ0v) is 13.1. The second-order valence-corrected chi connectivity index (χ2v) is 5.53. The number of hydrazine groups is 1. The van der Waals surface area contributed by atoms with Gasteiger partial charge in [-0.2, -0.15) is 5.10 Å². The van der Waals surface area contributed by atoms with E-state index < -0.39 is 6.04 Å². The molecule has 0 fully saturated rings. The SMILES string of the molecule is CCCn1ncc(Br)c1C(NN)c1cccc(C)c1F. The van der Waals surface area contributed by atoms with E-state index in [1.807, 2.05) is 10.7 Å². The van der Waals surface area contributed by atoms with E-state index in [9.17, 15) is 4.39 Å². The molecule has 1 aromatic carbocycles. The lowest BCUT2D eigenvalue weighted by atomic mass is 10.0. The van der Waals surface area contributed by atoms with Gasteiger partial charge in [0.2, 0.25) is 0 Å². The third-order valence-corrected chi connectivity index (χ3v) is 3.85. The van der Waals surface area contributed by atoms with Gasteiger partial charge in [-0.05, 0) is 34.8 Å². The minimum atomic E-state index is -0.446. The third-order valence-electron chi connectivity index (χ3n) is 3.24. The van der Waals surface area contributed by atoms with Crippen LogP contribution < -0.4 is 11.3 Å². The molecule has 0 aliphatic heterocycles. The van der Waals surface area contributed by atoms with Gasteiger partial charge in [-0.15, -0.1) is 0 Å². The number of rotatable bonds is 5. The Labute approximate surface area is 126 Å². The molecule has 0 amide bonds.